The Morgan fingerprint density at radius 2 is 2.09 bits per heavy atom. The van der Waals surface area contributed by atoms with E-state index in [1.165, 1.54) is 24.1 Å². The van der Waals surface area contributed by atoms with E-state index in [4.69, 9.17) is 0 Å². The van der Waals surface area contributed by atoms with E-state index in [-0.39, 0.29) is 5.56 Å². The van der Waals surface area contributed by atoms with Crippen molar-refractivity contribution in [2.45, 2.75) is 6.42 Å². The van der Waals surface area contributed by atoms with Crippen LogP contribution in [-0.4, -0.2) is 25.5 Å². The highest BCUT2D eigenvalue weighted by Crippen LogP contribution is 2.14. The fourth-order valence-corrected chi connectivity index (χ4v) is 2.55. The summed E-state index contributed by atoms with van der Waals surface area (Å²) in [4.78, 5) is 24.4. The third-order valence-electron chi connectivity index (χ3n) is 2.93. The van der Waals surface area contributed by atoms with Crippen LogP contribution in [-0.2, 0) is 6.42 Å². The first kappa shape index (κ1) is 16.0. The monoisotopic (exact) mass is 321 g/mol. The van der Waals surface area contributed by atoms with Crippen molar-refractivity contribution in [3.8, 4) is 0 Å². The number of carbonyl (C=O) groups excluding carboxylic acids is 2. The smallest absolute Gasteiger partial charge is 0.319 e. The third kappa shape index (κ3) is 4.29. The van der Waals surface area contributed by atoms with Crippen molar-refractivity contribution in [2.24, 2.45) is 0 Å². The largest absolute Gasteiger partial charge is 0.355 e. The minimum absolute atomic E-state index is 0.112. The molecule has 0 aliphatic heterocycles. The maximum Gasteiger partial charge on any atom is 0.319 e. The van der Waals surface area contributed by atoms with Crippen LogP contribution in [0, 0.1) is 5.82 Å². The molecule has 1 heterocycles. The minimum Gasteiger partial charge on any atom is -0.355 e. The molecule has 0 unspecified atom stereocenters. The van der Waals surface area contributed by atoms with Crippen molar-refractivity contribution >= 4 is 29.0 Å². The number of amides is 3. The Kier molecular flexibility index (Phi) is 5.48. The summed E-state index contributed by atoms with van der Waals surface area (Å²) in [6, 6.07) is 7.41. The molecule has 2 rings (SSSR count). The molecule has 7 heteroatoms. The van der Waals surface area contributed by atoms with Crippen LogP contribution in [0.2, 0.25) is 0 Å². The number of benzene rings is 1. The molecular formula is C15H16FN3O2S. The van der Waals surface area contributed by atoms with Crippen LogP contribution in [0.15, 0.2) is 35.7 Å². The third-order valence-corrected chi connectivity index (χ3v) is 3.87. The maximum absolute atomic E-state index is 13.5. The highest BCUT2D eigenvalue weighted by atomic mass is 32.1. The number of urea groups is 1. The average Bonchev–Trinajstić information content (AvgIpc) is 3.01. The number of carbonyl (C=O) groups is 2. The Bertz CT molecular complexity index is 659. The fraction of sp³-hybridized carbons (Fsp3) is 0.200. The Morgan fingerprint density at radius 1 is 1.27 bits per heavy atom. The fourth-order valence-electron chi connectivity index (χ4n) is 1.84. The highest BCUT2D eigenvalue weighted by molar-refractivity contribution is 7.09. The number of rotatable bonds is 5. The lowest BCUT2D eigenvalue weighted by Crippen LogP contribution is -2.30. The molecule has 5 nitrogen and oxygen atoms in total. The van der Waals surface area contributed by atoms with Gasteiger partial charge in [-0.3, -0.25) is 4.79 Å². The number of hydrogen-bond donors (Lipinski definition) is 3. The number of halogens is 1. The molecule has 3 amide bonds. The van der Waals surface area contributed by atoms with Crippen molar-refractivity contribution in [2.75, 3.05) is 18.9 Å². The van der Waals surface area contributed by atoms with E-state index in [1.807, 2.05) is 17.5 Å². The van der Waals surface area contributed by atoms with E-state index in [9.17, 15) is 14.0 Å². The summed E-state index contributed by atoms with van der Waals surface area (Å²) >= 11 is 1.63. The SMILES string of the molecule is CNC(=O)c1cc(NC(=O)NCCc2cccs2)ccc1F. The van der Waals surface area contributed by atoms with E-state index in [2.05, 4.69) is 16.0 Å². The molecule has 0 aliphatic rings. The molecule has 0 saturated carbocycles. The molecule has 1 aromatic heterocycles. The van der Waals surface area contributed by atoms with E-state index in [0.717, 1.165) is 12.5 Å². The summed E-state index contributed by atoms with van der Waals surface area (Å²) in [7, 11) is 1.42. The first-order chi connectivity index (χ1) is 10.6. The number of hydrogen-bond acceptors (Lipinski definition) is 3. The van der Waals surface area contributed by atoms with Crippen molar-refractivity contribution in [1.82, 2.24) is 10.6 Å². The van der Waals surface area contributed by atoms with Gasteiger partial charge in [-0.05, 0) is 36.1 Å². The topological polar surface area (TPSA) is 70.2 Å². The van der Waals surface area contributed by atoms with Gasteiger partial charge in [-0.1, -0.05) is 6.07 Å². The zero-order valence-corrected chi connectivity index (χ0v) is 12.8. The molecule has 0 spiro atoms. The maximum atomic E-state index is 13.5. The molecule has 0 fully saturated rings. The van der Waals surface area contributed by atoms with Gasteiger partial charge in [0, 0.05) is 24.2 Å². The lowest BCUT2D eigenvalue weighted by atomic mass is 10.1. The summed E-state index contributed by atoms with van der Waals surface area (Å²) in [5, 5.41) is 9.61. The highest BCUT2D eigenvalue weighted by Gasteiger charge is 2.12. The van der Waals surface area contributed by atoms with Crippen molar-refractivity contribution < 1.29 is 14.0 Å². The Morgan fingerprint density at radius 3 is 2.77 bits per heavy atom. The van der Waals surface area contributed by atoms with Gasteiger partial charge in [-0.15, -0.1) is 11.3 Å². The molecule has 0 atom stereocenters. The van der Waals surface area contributed by atoms with E-state index in [0.29, 0.717) is 12.2 Å². The molecular weight excluding hydrogens is 305 g/mol. The van der Waals surface area contributed by atoms with Crippen LogP contribution in [0.4, 0.5) is 14.9 Å². The zero-order chi connectivity index (χ0) is 15.9. The van der Waals surface area contributed by atoms with Gasteiger partial charge in [0.1, 0.15) is 5.82 Å². The second kappa shape index (κ2) is 7.56. The first-order valence-corrected chi connectivity index (χ1v) is 7.57. The van der Waals surface area contributed by atoms with Gasteiger partial charge in [0.25, 0.3) is 5.91 Å². The molecule has 3 N–H and O–H groups in total. The molecule has 0 aliphatic carbocycles. The standard InChI is InChI=1S/C15H16FN3O2S/c1-17-14(20)12-9-10(4-5-13(12)16)19-15(21)18-7-6-11-3-2-8-22-11/h2-5,8-9H,6-7H2,1H3,(H,17,20)(H2,18,19,21). The first-order valence-electron chi connectivity index (χ1n) is 6.69. The van der Waals surface area contributed by atoms with Gasteiger partial charge in [0.2, 0.25) is 0 Å². The molecule has 1 aromatic carbocycles. The van der Waals surface area contributed by atoms with Crippen LogP contribution in [0.25, 0.3) is 0 Å². The lowest BCUT2D eigenvalue weighted by Gasteiger charge is -2.09. The molecule has 0 radical (unpaired) electrons. The van der Waals surface area contributed by atoms with E-state index in [1.54, 1.807) is 11.3 Å². The van der Waals surface area contributed by atoms with Crippen LogP contribution in [0.1, 0.15) is 15.2 Å². The van der Waals surface area contributed by atoms with E-state index >= 15 is 0 Å². The van der Waals surface area contributed by atoms with Crippen molar-refractivity contribution in [3.63, 3.8) is 0 Å². The van der Waals surface area contributed by atoms with E-state index < -0.39 is 17.8 Å². The molecule has 2 aromatic rings. The lowest BCUT2D eigenvalue weighted by molar-refractivity contribution is 0.0959. The molecule has 22 heavy (non-hydrogen) atoms. The predicted octanol–water partition coefficient (Wildman–Crippen LogP) is 2.61. The molecule has 0 saturated heterocycles. The summed E-state index contributed by atoms with van der Waals surface area (Å²) in [6.07, 6.45) is 0.748. The minimum atomic E-state index is -0.636. The summed E-state index contributed by atoms with van der Waals surface area (Å²) < 4.78 is 13.5. The summed E-state index contributed by atoms with van der Waals surface area (Å²) in [5.41, 5.74) is 0.243. The number of thiophene rings is 1. The van der Waals surface area contributed by atoms with Gasteiger partial charge in [-0.2, -0.15) is 0 Å². The Balaban J connectivity index is 1.89. The van der Waals surface area contributed by atoms with Crippen LogP contribution in [0.3, 0.4) is 0 Å². The van der Waals surface area contributed by atoms with Crippen molar-refractivity contribution in [3.05, 3.63) is 52.0 Å². The van der Waals surface area contributed by atoms with Crippen molar-refractivity contribution in [1.29, 1.82) is 0 Å². The van der Waals surface area contributed by atoms with Gasteiger partial charge >= 0.3 is 6.03 Å². The van der Waals surface area contributed by atoms with Crippen LogP contribution < -0.4 is 16.0 Å². The normalized spacial score (nSPS) is 10.1. The summed E-state index contributed by atoms with van der Waals surface area (Å²) in [5.74, 6) is -1.18. The molecule has 116 valence electrons. The average molecular weight is 321 g/mol. The molecule has 0 bridgehead atoms. The Labute approximate surface area is 131 Å². The summed E-state index contributed by atoms with van der Waals surface area (Å²) in [6.45, 7) is 0.496. The van der Waals surface area contributed by atoms with Crippen LogP contribution in [0.5, 0.6) is 0 Å². The van der Waals surface area contributed by atoms with Gasteiger partial charge < -0.3 is 16.0 Å². The predicted molar refractivity (Wildman–Crippen MR) is 84.8 cm³/mol. The number of anilines is 1. The quantitative estimate of drug-likeness (QED) is 0.792. The van der Waals surface area contributed by atoms with Gasteiger partial charge in [-0.25, -0.2) is 9.18 Å². The van der Waals surface area contributed by atoms with Gasteiger partial charge in [0.15, 0.2) is 0 Å². The zero-order valence-electron chi connectivity index (χ0n) is 12.0. The van der Waals surface area contributed by atoms with Gasteiger partial charge in [0.05, 0.1) is 5.56 Å². The second-order valence-corrected chi connectivity index (χ2v) is 5.52. The Hall–Kier alpha value is -2.41. The number of nitrogens with one attached hydrogen (secondary N) is 3. The second-order valence-electron chi connectivity index (χ2n) is 4.48. The van der Waals surface area contributed by atoms with Crippen LogP contribution >= 0.6 is 11.3 Å².